The van der Waals surface area contributed by atoms with E-state index in [9.17, 15) is 9.59 Å². The summed E-state index contributed by atoms with van der Waals surface area (Å²) in [4.78, 5) is 25.7. The Labute approximate surface area is 118 Å². The van der Waals surface area contributed by atoms with Gasteiger partial charge in [-0.15, -0.1) is 0 Å². The number of hydrogen-bond acceptors (Lipinski definition) is 3. The highest BCUT2D eigenvalue weighted by Crippen LogP contribution is 2.11. The van der Waals surface area contributed by atoms with Crippen LogP contribution in [0.5, 0.6) is 0 Å². The Balaban J connectivity index is 1.79. The quantitative estimate of drug-likeness (QED) is 0.851. The second-order valence-corrected chi connectivity index (χ2v) is 6.01. The molecule has 4 nitrogen and oxygen atoms in total. The first-order valence-electron chi connectivity index (χ1n) is 7.11. The lowest BCUT2D eigenvalue weighted by atomic mass is 10.2. The van der Waals surface area contributed by atoms with Gasteiger partial charge >= 0.3 is 4.87 Å². The highest BCUT2D eigenvalue weighted by atomic mass is 32.1. The molecule has 2 heterocycles. The summed E-state index contributed by atoms with van der Waals surface area (Å²) >= 11 is 1.23. The van der Waals surface area contributed by atoms with Crippen LogP contribution in [0.3, 0.4) is 0 Å². The second-order valence-electron chi connectivity index (χ2n) is 5.19. The van der Waals surface area contributed by atoms with Crippen molar-refractivity contribution in [2.75, 3.05) is 13.1 Å². The molecule has 0 aromatic carbocycles. The third kappa shape index (κ3) is 3.93. The third-order valence-corrected chi connectivity index (χ3v) is 4.59. The molecule has 106 valence electrons. The molecule has 19 heavy (non-hydrogen) atoms. The standard InChI is InChI=1S/C14H22N2O2S/c1-12-11-19-14(18)16(12)10-6-7-13(17)15-8-4-2-3-5-9-15/h11H,2-10H2,1H3. The molecule has 1 aromatic heterocycles. The fraction of sp³-hybridized carbons (Fsp3) is 0.714. The summed E-state index contributed by atoms with van der Waals surface area (Å²) in [5.74, 6) is 0.253. The number of hydrogen-bond donors (Lipinski definition) is 0. The average molecular weight is 282 g/mol. The van der Waals surface area contributed by atoms with Crippen molar-refractivity contribution in [3.8, 4) is 0 Å². The Kier molecular flexibility index (Phi) is 5.19. The number of amides is 1. The zero-order valence-electron chi connectivity index (χ0n) is 11.6. The van der Waals surface area contributed by atoms with E-state index >= 15 is 0 Å². The predicted molar refractivity (Wildman–Crippen MR) is 77.6 cm³/mol. The Morgan fingerprint density at radius 3 is 2.53 bits per heavy atom. The predicted octanol–water partition coefficient (Wildman–Crippen LogP) is 2.40. The van der Waals surface area contributed by atoms with Crippen LogP contribution in [0.4, 0.5) is 0 Å². The minimum atomic E-state index is 0.0831. The second kappa shape index (κ2) is 6.89. The van der Waals surface area contributed by atoms with E-state index in [1.807, 2.05) is 17.2 Å². The van der Waals surface area contributed by atoms with Crippen molar-refractivity contribution in [3.05, 3.63) is 20.7 Å². The molecule has 1 aliphatic heterocycles. The minimum Gasteiger partial charge on any atom is -0.343 e. The Bertz CT molecular complexity index is 470. The number of carbonyl (C=O) groups excluding carboxylic acids is 1. The van der Waals surface area contributed by atoms with Crippen LogP contribution in [0.15, 0.2) is 10.2 Å². The number of carbonyl (C=O) groups is 1. The molecular weight excluding hydrogens is 260 g/mol. The molecule has 0 spiro atoms. The molecule has 1 saturated heterocycles. The molecule has 1 amide bonds. The van der Waals surface area contributed by atoms with Crippen LogP contribution in [-0.2, 0) is 11.3 Å². The van der Waals surface area contributed by atoms with Crippen LogP contribution in [0.1, 0.15) is 44.2 Å². The van der Waals surface area contributed by atoms with Crippen molar-refractivity contribution in [2.45, 2.75) is 52.0 Å². The summed E-state index contributed by atoms with van der Waals surface area (Å²) in [5, 5.41) is 1.87. The maximum absolute atomic E-state index is 12.1. The fourth-order valence-corrected chi connectivity index (χ4v) is 3.30. The number of aromatic nitrogens is 1. The molecule has 0 unspecified atom stereocenters. The molecule has 1 aromatic rings. The van der Waals surface area contributed by atoms with Crippen molar-refractivity contribution >= 4 is 17.2 Å². The number of aryl methyl sites for hydroxylation is 1. The Hall–Kier alpha value is -1.10. The van der Waals surface area contributed by atoms with Crippen LogP contribution >= 0.6 is 11.3 Å². The summed E-state index contributed by atoms with van der Waals surface area (Å²) < 4.78 is 1.76. The van der Waals surface area contributed by atoms with Crippen molar-refractivity contribution in [1.82, 2.24) is 9.47 Å². The highest BCUT2D eigenvalue weighted by molar-refractivity contribution is 7.07. The van der Waals surface area contributed by atoms with Crippen molar-refractivity contribution in [3.63, 3.8) is 0 Å². The van der Waals surface area contributed by atoms with Crippen LogP contribution in [-0.4, -0.2) is 28.5 Å². The largest absolute Gasteiger partial charge is 0.343 e. The van der Waals surface area contributed by atoms with E-state index in [-0.39, 0.29) is 10.8 Å². The van der Waals surface area contributed by atoms with E-state index in [1.165, 1.54) is 24.2 Å². The average Bonchev–Trinajstić information content (AvgIpc) is 2.64. The molecular formula is C14H22N2O2S. The fourth-order valence-electron chi connectivity index (χ4n) is 2.54. The van der Waals surface area contributed by atoms with Gasteiger partial charge in [0.05, 0.1) is 0 Å². The number of thiazole rings is 1. The molecule has 0 bridgehead atoms. The number of likely N-dealkylation sites (tertiary alicyclic amines) is 1. The summed E-state index contributed by atoms with van der Waals surface area (Å²) in [6.45, 7) is 4.43. The van der Waals surface area contributed by atoms with Gasteiger partial charge in [-0.25, -0.2) is 0 Å². The molecule has 0 saturated carbocycles. The van der Waals surface area contributed by atoms with E-state index in [1.54, 1.807) is 4.57 Å². The molecule has 1 aliphatic rings. The summed E-state index contributed by atoms with van der Waals surface area (Å²) in [7, 11) is 0. The van der Waals surface area contributed by atoms with Gasteiger partial charge < -0.3 is 9.47 Å². The van der Waals surface area contributed by atoms with Crippen LogP contribution in [0, 0.1) is 6.92 Å². The van der Waals surface area contributed by atoms with Crippen LogP contribution < -0.4 is 4.87 Å². The summed E-state index contributed by atoms with van der Waals surface area (Å²) in [5.41, 5.74) is 0.997. The molecule has 0 N–H and O–H groups in total. The van der Waals surface area contributed by atoms with Gasteiger partial charge in [0.2, 0.25) is 5.91 Å². The van der Waals surface area contributed by atoms with Crippen molar-refractivity contribution in [1.29, 1.82) is 0 Å². The molecule has 0 aliphatic carbocycles. The van der Waals surface area contributed by atoms with Gasteiger partial charge in [-0.3, -0.25) is 9.59 Å². The maximum Gasteiger partial charge on any atom is 0.307 e. The smallest absolute Gasteiger partial charge is 0.307 e. The van der Waals surface area contributed by atoms with Crippen molar-refractivity contribution < 1.29 is 4.79 Å². The minimum absolute atomic E-state index is 0.0831. The van der Waals surface area contributed by atoms with Gasteiger partial charge in [0.15, 0.2) is 0 Å². The molecule has 1 fully saturated rings. The molecule has 2 rings (SSSR count). The number of nitrogens with zero attached hydrogens (tertiary/aromatic N) is 2. The SMILES string of the molecule is Cc1csc(=O)n1CCCC(=O)N1CCCCCC1. The Morgan fingerprint density at radius 2 is 1.95 bits per heavy atom. The first kappa shape index (κ1) is 14.3. The van der Waals surface area contributed by atoms with E-state index in [2.05, 4.69) is 0 Å². The molecule has 0 atom stereocenters. The highest BCUT2D eigenvalue weighted by Gasteiger charge is 2.15. The first-order valence-corrected chi connectivity index (χ1v) is 7.99. The van der Waals surface area contributed by atoms with Gasteiger partial charge in [-0.2, -0.15) is 0 Å². The zero-order valence-corrected chi connectivity index (χ0v) is 12.4. The van der Waals surface area contributed by atoms with Crippen LogP contribution in [0.2, 0.25) is 0 Å². The lowest BCUT2D eigenvalue weighted by Crippen LogP contribution is -2.31. The molecule has 5 heteroatoms. The van der Waals surface area contributed by atoms with Crippen LogP contribution in [0.25, 0.3) is 0 Å². The van der Waals surface area contributed by atoms with Gasteiger partial charge in [-0.05, 0) is 26.2 Å². The van der Waals surface area contributed by atoms with E-state index in [4.69, 9.17) is 0 Å². The van der Waals surface area contributed by atoms with Gasteiger partial charge in [0.1, 0.15) is 0 Å². The topological polar surface area (TPSA) is 42.3 Å². The first-order chi connectivity index (χ1) is 9.18. The van der Waals surface area contributed by atoms with E-state index < -0.39 is 0 Å². The normalized spacial score (nSPS) is 16.4. The van der Waals surface area contributed by atoms with E-state index in [0.29, 0.717) is 13.0 Å². The van der Waals surface area contributed by atoms with Gasteiger partial charge in [-0.1, -0.05) is 24.2 Å². The van der Waals surface area contributed by atoms with Crippen molar-refractivity contribution in [2.24, 2.45) is 0 Å². The van der Waals surface area contributed by atoms with Gasteiger partial charge in [0.25, 0.3) is 0 Å². The summed E-state index contributed by atoms with van der Waals surface area (Å²) in [6.07, 6.45) is 6.07. The third-order valence-electron chi connectivity index (χ3n) is 3.71. The lowest BCUT2D eigenvalue weighted by molar-refractivity contribution is -0.131. The maximum atomic E-state index is 12.1. The monoisotopic (exact) mass is 282 g/mol. The molecule has 0 radical (unpaired) electrons. The van der Waals surface area contributed by atoms with E-state index in [0.717, 1.165) is 38.0 Å². The van der Waals surface area contributed by atoms with Gasteiger partial charge in [0, 0.05) is 37.1 Å². The zero-order chi connectivity index (χ0) is 13.7. The summed E-state index contributed by atoms with van der Waals surface area (Å²) in [6, 6.07) is 0. The lowest BCUT2D eigenvalue weighted by Gasteiger charge is -2.20. The Morgan fingerprint density at radius 1 is 1.26 bits per heavy atom. The number of rotatable bonds is 4.